The Morgan fingerprint density at radius 1 is 1.21 bits per heavy atom. The summed E-state index contributed by atoms with van der Waals surface area (Å²) >= 11 is 3.48. The molecule has 0 aliphatic carbocycles. The number of H-pyrrole nitrogens is 1. The highest BCUT2D eigenvalue weighted by molar-refractivity contribution is 9.10. The third kappa shape index (κ3) is 5.07. The number of aliphatic hydroxyl groups is 1. The summed E-state index contributed by atoms with van der Waals surface area (Å²) in [6.07, 6.45) is 7.12. The first-order valence-corrected chi connectivity index (χ1v) is 12.1. The molecule has 1 aliphatic rings. The fraction of sp³-hybridized carbons (Fsp3) is 0.269. The van der Waals surface area contributed by atoms with Gasteiger partial charge in [0.05, 0.1) is 24.8 Å². The molecule has 2 aromatic carbocycles. The number of imidazole rings is 1. The van der Waals surface area contributed by atoms with Crippen LogP contribution in [0.2, 0.25) is 0 Å². The van der Waals surface area contributed by atoms with Crippen LogP contribution < -0.4 is 9.30 Å². The molecule has 1 atom stereocenters. The second kappa shape index (κ2) is 10.7. The summed E-state index contributed by atoms with van der Waals surface area (Å²) in [4.78, 5) is 30.8. The number of likely N-dealkylation sites (tertiary alicyclic amines) is 1. The molecule has 0 saturated carbocycles. The third-order valence-corrected chi connectivity index (χ3v) is 6.22. The molecule has 2 N–H and O–H groups in total. The first-order chi connectivity index (χ1) is 16.5. The van der Waals surface area contributed by atoms with Gasteiger partial charge >= 0.3 is 0 Å². The Bertz CT molecular complexity index is 1190. The van der Waals surface area contributed by atoms with Crippen LogP contribution in [-0.4, -0.2) is 39.8 Å². The van der Waals surface area contributed by atoms with Crippen LogP contribution in [0.3, 0.4) is 0 Å². The molecule has 1 saturated heterocycles. The first kappa shape index (κ1) is 23.8. The highest BCUT2D eigenvalue weighted by atomic mass is 79.9. The van der Waals surface area contributed by atoms with E-state index in [-0.39, 0.29) is 11.3 Å². The summed E-state index contributed by atoms with van der Waals surface area (Å²) < 4.78 is 8.42. The van der Waals surface area contributed by atoms with Gasteiger partial charge in [0, 0.05) is 23.0 Å². The summed E-state index contributed by atoms with van der Waals surface area (Å²) in [6.45, 7) is 3.69. The minimum atomic E-state index is -0.678. The van der Waals surface area contributed by atoms with Crippen molar-refractivity contribution in [3.05, 3.63) is 88.4 Å². The lowest BCUT2D eigenvalue weighted by molar-refractivity contribution is -0.695. The number of amides is 1. The maximum atomic E-state index is 13.1. The van der Waals surface area contributed by atoms with Crippen molar-refractivity contribution in [3.8, 4) is 5.75 Å². The number of hydrogen-bond donors (Lipinski definition) is 2. The Morgan fingerprint density at radius 3 is 2.68 bits per heavy atom. The topological polar surface area (TPSA) is 86.5 Å². The molecular weight excluding hydrogens is 498 g/mol. The molecule has 0 radical (unpaired) electrons. The number of hydrogen-bond acceptors (Lipinski definition) is 4. The molecule has 0 bridgehead atoms. The monoisotopic (exact) mass is 524 g/mol. The van der Waals surface area contributed by atoms with Crippen LogP contribution in [0.5, 0.6) is 5.75 Å². The van der Waals surface area contributed by atoms with E-state index in [1.54, 1.807) is 29.2 Å². The number of benzene rings is 2. The quantitative estimate of drug-likeness (QED) is 0.188. The van der Waals surface area contributed by atoms with Crippen LogP contribution in [0.15, 0.2) is 77.3 Å². The number of halogens is 1. The summed E-state index contributed by atoms with van der Waals surface area (Å²) in [5.41, 5.74) is 1.32. The zero-order chi connectivity index (χ0) is 24.1. The van der Waals surface area contributed by atoms with Gasteiger partial charge in [-0.05, 0) is 48.4 Å². The SMILES string of the molecule is CCCOc1ccc(C(O)=C2C(=O)C(=O)N(CCC[n+]3cc[nH]c3)C2c2cccc(Br)c2)cc1. The number of aromatic amines is 1. The molecule has 8 heteroatoms. The second-order valence-corrected chi connectivity index (χ2v) is 9.04. The standard InChI is InChI=1S/C26H26BrN3O4/c1-2-15-34-21-9-7-18(8-10-21)24(31)22-23(19-5-3-6-20(27)16-19)30(26(33)25(22)32)13-4-12-29-14-11-28-17-29/h3,5-11,14,16-17,23H,2,4,12-13,15H2,1H3,(H,31,32)/p+1. The molecule has 176 valence electrons. The van der Waals surface area contributed by atoms with E-state index in [1.165, 1.54) is 0 Å². The fourth-order valence-electron chi connectivity index (χ4n) is 4.10. The van der Waals surface area contributed by atoms with Crippen LogP contribution >= 0.6 is 15.9 Å². The van der Waals surface area contributed by atoms with Crippen molar-refractivity contribution < 1.29 is 24.0 Å². The van der Waals surface area contributed by atoms with Gasteiger partial charge in [-0.3, -0.25) is 14.6 Å². The zero-order valence-corrected chi connectivity index (χ0v) is 20.5. The molecule has 1 aliphatic heterocycles. The van der Waals surface area contributed by atoms with E-state index in [1.807, 2.05) is 54.5 Å². The average Bonchev–Trinajstić information content (AvgIpc) is 3.45. The normalized spacial score (nSPS) is 17.4. The van der Waals surface area contributed by atoms with E-state index in [2.05, 4.69) is 20.9 Å². The number of ketones is 1. The van der Waals surface area contributed by atoms with Crippen molar-refractivity contribution in [1.29, 1.82) is 0 Å². The van der Waals surface area contributed by atoms with Crippen LogP contribution in [-0.2, 0) is 16.1 Å². The molecule has 1 fully saturated rings. The predicted molar refractivity (Wildman–Crippen MR) is 131 cm³/mol. The lowest BCUT2D eigenvalue weighted by atomic mass is 9.95. The molecule has 4 rings (SSSR count). The van der Waals surface area contributed by atoms with E-state index in [0.29, 0.717) is 37.4 Å². The summed E-state index contributed by atoms with van der Waals surface area (Å²) in [6, 6.07) is 13.7. The number of aryl methyl sites for hydroxylation is 1. The van der Waals surface area contributed by atoms with Crippen molar-refractivity contribution >= 4 is 33.4 Å². The minimum Gasteiger partial charge on any atom is -0.507 e. The number of rotatable bonds is 9. The van der Waals surface area contributed by atoms with E-state index in [0.717, 1.165) is 16.5 Å². The lowest BCUT2D eigenvalue weighted by Gasteiger charge is -2.25. The lowest BCUT2D eigenvalue weighted by Crippen LogP contribution is -2.36. The van der Waals surface area contributed by atoms with Crippen LogP contribution in [0.1, 0.15) is 36.9 Å². The van der Waals surface area contributed by atoms with Crippen molar-refractivity contribution in [2.45, 2.75) is 32.4 Å². The van der Waals surface area contributed by atoms with Gasteiger partial charge in [-0.15, -0.1) is 0 Å². The van der Waals surface area contributed by atoms with Gasteiger partial charge in [0.2, 0.25) is 6.33 Å². The van der Waals surface area contributed by atoms with Crippen molar-refractivity contribution in [2.75, 3.05) is 13.2 Å². The van der Waals surface area contributed by atoms with Crippen LogP contribution in [0, 0.1) is 0 Å². The molecule has 2 heterocycles. The van der Waals surface area contributed by atoms with Crippen molar-refractivity contribution in [1.82, 2.24) is 9.88 Å². The Morgan fingerprint density at radius 2 is 2.00 bits per heavy atom. The molecule has 34 heavy (non-hydrogen) atoms. The Labute approximate surface area is 206 Å². The molecule has 3 aromatic rings. The number of carbonyl (C=O) groups is 2. The smallest absolute Gasteiger partial charge is 0.295 e. The van der Waals surface area contributed by atoms with Gasteiger partial charge in [0.1, 0.15) is 23.9 Å². The Balaban J connectivity index is 1.68. The maximum Gasteiger partial charge on any atom is 0.295 e. The van der Waals surface area contributed by atoms with Crippen LogP contribution in [0.4, 0.5) is 0 Å². The highest BCUT2D eigenvalue weighted by Crippen LogP contribution is 2.40. The number of Topliss-reactive ketones (excluding diaryl/α,β-unsaturated/α-hetero) is 1. The number of nitrogens with one attached hydrogen (secondary N) is 1. The number of nitrogens with zero attached hydrogens (tertiary/aromatic N) is 2. The van der Waals surface area contributed by atoms with E-state index >= 15 is 0 Å². The minimum absolute atomic E-state index is 0.0969. The molecule has 1 unspecified atom stereocenters. The molecule has 0 spiro atoms. The van der Waals surface area contributed by atoms with Gasteiger partial charge in [0.15, 0.2) is 0 Å². The van der Waals surface area contributed by atoms with Gasteiger partial charge in [-0.25, -0.2) is 4.57 Å². The largest absolute Gasteiger partial charge is 0.507 e. The average molecular weight is 525 g/mol. The second-order valence-electron chi connectivity index (χ2n) is 8.12. The fourth-order valence-corrected chi connectivity index (χ4v) is 4.52. The van der Waals surface area contributed by atoms with Crippen molar-refractivity contribution in [2.24, 2.45) is 0 Å². The van der Waals surface area contributed by atoms with Gasteiger partial charge in [-0.2, -0.15) is 0 Å². The first-order valence-electron chi connectivity index (χ1n) is 11.3. The number of ether oxygens (including phenoxy) is 1. The molecule has 1 aromatic heterocycles. The molecular formula is C26H27BrN3O4+. The zero-order valence-electron chi connectivity index (χ0n) is 18.9. The number of aliphatic hydroxyl groups excluding tert-OH is 1. The Hall–Kier alpha value is -3.39. The van der Waals surface area contributed by atoms with Gasteiger partial charge < -0.3 is 14.7 Å². The van der Waals surface area contributed by atoms with Crippen molar-refractivity contribution in [3.63, 3.8) is 0 Å². The predicted octanol–water partition coefficient (Wildman–Crippen LogP) is 4.37. The Kier molecular flexibility index (Phi) is 7.47. The number of aromatic nitrogens is 2. The molecule has 1 amide bonds. The maximum absolute atomic E-state index is 13.1. The summed E-state index contributed by atoms with van der Waals surface area (Å²) in [5, 5.41) is 11.2. The summed E-state index contributed by atoms with van der Waals surface area (Å²) in [5.74, 6) is -0.783. The van der Waals surface area contributed by atoms with Gasteiger partial charge in [0.25, 0.3) is 11.7 Å². The van der Waals surface area contributed by atoms with E-state index < -0.39 is 17.7 Å². The van der Waals surface area contributed by atoms with Crippen LogP contribution in [0.25, 0.3) is 5.76 Å². The van der Waals surface area contributed by atoms with Gasteiger partial charge in [-0.1, -0.05) is 35.0 Å². The highest BCUT2D eigenvalue weighted by Gasteiger charge is 2.45. The van der Waals surface area contributed by atoms with E-state index in [9.17, 15) is 14.7 Å². The number of carbonyl (C=O) groups excluding carboxylic acids is 2. The molecule has 7 nitrogen and oxygen atoms in total. The third-order valence-electron chi connectivity index (χ3n) is 5.72. The van der Waals surface area contributed by atoms with E-state index in [4.69, 9.17) is 4.74 Å². The summed E-state index contributed by atoms with van der Waals surface area (Å²) in [7, 11) is 0.